The second kappa shape index (κ2) is 7.26. The Hall–Kier alpha value is -2.08. The van der Waals surface area contributed by atoms with Crippen LogP contribution in [0.4, 0.5) is 0 Å². The second-order valence-corrected chi connectivity index (χ2v) is 4.49. The zero-order valence-corrected chi connectivity index (χ0v) is 13.1. The number of hydrogen-bond donors (Lipinski definition) is 2. The fraction of sp³-hybridized carbons (Fsp3) is 0.0667. The van der Waals surface area contributed by atoms with E-state index in [4.69, 9.17) is 10.8 Å². The van der Waals surface area contributed by atoms with E-state index in [-0.39, 0.29) is 30.4 Å². The van der Waals surface area contributed by atoms with Crippen molar-refractivity contribution in [2.75, 3.05) is 0 Å². The van der Waals surface area contributed by atoms with Gasteiger partial charge >= 0.3 is 5.97 Å². The molecule has 0 atom stereocenters. The van der Waals surface area contributed by atoms with Crippen LogP contribution in [-0.4, -0.2) is 20.6 Å². The summed E-state index contributed by atoms with van der Waals surface area (Å²) in [6.07, 6.45) is 1.69. The number of nitrogens with two attached hydrogens (primary N) is 1. The summed E-state index contributed by atoms with van der Waals surface area (Å²) in [5.74, 6) is -0.950. The molecule has 3 N–H and O–H groups in total. The van der Waals surface area contributed by atoms with Crippen molar-refractivity contribution in [1.29, 1.82) is 0 Å². The van der Waals surface area contributed by atoms with Gasteiger partial charge in [0.25, 0.3) is 0 Å². The maximum absolute atomic E-state index is 10.9. The van der Waals surface area contributed by atoms with Crippen LogP contribution in [0.5, 0.6) is 0 Å². The SMILES string of the molecule is Cl.Cl.NCc1ccc(-n2cnc3cc(C(=O)O)ccc32)cc1. The van der Waals surface area contributed by atoms with E-state index in [0.29, 0.717) is 12.1 Å². The van der Waals surface area contributed by atoms with E-state index in [0.717, 1.165) is 16.8 Å². The van der Waals surface area contributed by atoms with Crippen LogP contribution < -0.4 is 5.73 Å². The number of aromatic nitrogens is 2. The van der Waals surface area contributed by atoms with E-state index in [2.05, 4.69) is 4.98 Å². The molecule has 0 aliphatic carbocycles. The molecule has 1 heterocycles. The number of nitrogens with zero attached hydrogens (tertiary/aromatic N) is 2. The minimum absolute atomic E-state index is 0. The topological polar surface area (TPSA) is 81.1 Å². The van der Waals surface area contributed by atoms with Crippen molar-refractivity contribution >= 4 is 41.8 Å². The number of aromatic carboxylic acids is 1. The molecule has 1 aromatic heterocycles. The van der Waals surface area contributed by atoms with Gasteiger partial charge in [-0.15, -0.1) is 24.8 Å². The van der Waals surface area contributed by atoms with Gasteiger partial charge in [0.15, 0.2) is 0 Å². The predicted octanol–water partition coefficient (Wildman–Crippen LogP) is 3.03. The van der Waals surface area contributed by atoms with Crippen molar-refractivity contribution in [2.24, 2.45) is 5.73 Å². The van der Waals surface area contributed by atoms with Gasteiger partial charge in [0.05, 0.1) is 16.6 Å². The maximum atomic E-state index is 10.9. The molecule has 0 radical (unpaired) electrons. The molecule has 5 nitrogen and oxygen atoms in total. The number of halogens is 2. The number of carbonyl (C=O) groups is 1. The van der Waals surface area contributed by atoms with Gasteiger partial charge in [0, 0.05) is 12.2 Å². The average molecular weight is 340 g/mol. The van der Waals surface area contributed by atoms with Crippen molar-refractivity contribution in [2.45, 2.75) is 6.54 Å². The minimum Gasteiger partial charge on any atom is -0.478 e. The fourth-order valence-electron chi connectivity index (χ4n) is 2.14. The Labute approximate surface area is 139 Å². The zero-order valence-electron chi connectivity index (χ0n) is 11.5. The summed E-state index contributed by atoms with van der Waals surface area (Å²) >= 11 is 0. The monoisotopic (exact) mass is 339 g/mol. The first-order valence-electron chi connectivity index (χ1n) is 6.19. The number of imidazole rings is 1. The van der Waals surface area contributed by atoms with Gasteiger partial charge in [-0.1, -0.05) is 12.1 Å². The van der Waals surface area contributed by atoms with E-state index in [1.54, 1.807) is 24.5 Å². The summed E-state index contributed by atoms with van der Waals surface area (Å²) in [5, 5.41) is 8.98. The first-order chi connectivity index (χ1) is 9.69. The Morgan fingerprint density at radius 2 is 1.82 bits per heavy atom. The maximum Gasteiger partial charge on any atom is 0.335 e. The molecule has 0 unspecified atom stereocenters. The lowest BCUT2D eigenvalue weighted by atomic mass is 10.2. The standard InChI is InChI=1S/C15H13N3O2.2ClH/c16-8-10-1-4-12(5-2-10)18-9-17-13-7-11(15(19)20)3-6-14(13)18;;/h1-7,9H,8,16H2,(H,19,20);2*1H. The summed E-state index contributed by atoms with van der Waals surface area (Å²) < 4.78 is 1.92. The molecule has 22 heavy (non-hydrogen) atoms. The lowest BCUT2D eigenvalue weighted by Crippen LogP contribution is -1.98. The number of hydrogen-bond acceptors (Lipinski definition) is 3. The van der Waals surface area contributed by atoms with E-state index >= 15 is 0 Å². The van der Waals surface area contributed by atoms with Crippen LogP contribution in [0, 0.1) is 0 Å². The molecule has 0 fully saturated rings. The highest BCUT2D eigenvalue weighted by molar-refractivity contribution is 5.92. The summed E-state index contributed by atoms with van der Waals surface area (Å²) in [5.41, 5.74) is 9.37. The lowest BCUT2D eigenvalue weighted by molar-refractivity contribution is 0.0697. The molecule has 7 heteroatoms. The van der Waals surface area contributed by atoms with Crippen molar-refractivity contribution < 1.29 is 9.90 Å². The number of benzene rings is 2. The normalized spacial score (nSPS) is 9.86. The Morgan fingerprint density at radius 1 is 1.14 bits per heavy atom. The Kier molecular flexibility index (Phi) is 5.93. The lowest BCUT2D eigenvalue weighted by Gasteiger charge is -2.05. The van der Waals surface area contributed by atoms with Gasteiger partial charge in [-0.2, -0.15) is 0 Å². The smallest absolute Gasteiger partial charge is 0.335 e. The van der Waals surface area contributed by atoms with Gasteiger partial charge in [-0.05, 0) is 35.9 Å². The zero-order chi connectivity index (χ0) is 14.1. The van der Waals surface area contributed by atoms with E-state index in [1.807, 2.05) is 28.8 Å². The van der Waals surface area contributed by atoms with Gasteiger partial charge in [0.2, 0.25) is 0 Å². The molecule has 3 aromatic rings. The van der Waals surface area contributed by atoms with Gasteiger partial charge in [-0.3, -0.25) is 4.57 Å². The molecule has 0 saturated carbocycles. The van der Waals surface area contributed by atoms with Gasteiger partial charge in [0.1, 0.15) is 6.33 Å². The third-order valence-electron chi connectivity index (χ3n) is 3.24. The van der Waals surface area contributed by atoms with Crippen LogP contribution in [0.2, 0.25) is 0 Å². The number of rotatable bonds is 3. The molecular formula is C15H15Cl2N3O2. The predicted molar refractivity (Wildman–Crippen MR) is 90.4 cm³/mol. The van der Waals surface area contributed by atoms with E-state index < -0.39 is 5.97 Å². The van der Waals surface area contributed by atoms with Crippen molar-refractivity contribution in [3.63, 3.8) is 0 Å². The summed E-state index contributed by atoms with van der Waals surface area (Å²) in [6.45, 7) is 0.507. The Morgan fingerprint density at radius 3 is 2.41 bits per heavy atom. The Balaban J connectivity index is 0.00000121. The molecule has 0 amide bonds. The molecule has 0 bridgehead atoms. The highest BCUT2D eigenvalue weighted by Crippen LogP contribution is 2.19. The largest absolute Gasteiger partial charge is 0.478 e. The molecule has 0 saturated heterocycles. The second-order valence-electron chi connectivity index (χ2n) is 4.49. The van der Waals surface area contributed by atoms with Crippen LogP contribution in [-0.2, 0) is 6.54 Å². The van der Waals surface area contributed by atoms with Crippen molar-refractivity contribution in [1.82, 2.24) is 9.55 Å². The van der Waals surface area contributed by atoms with E-state index in [1.165, 1.54) is 0 Å². The van der Waals surface area contributed by atoms with Crippen LogP contribution >= 0.6 is 24.8 Å². The first kappa shape index (κ1) is 18.0. The third-order valence-corrected chi connectivity index (χ3v) is 3.24. The number of carboxylic acid groups (broad SMARTS) is 1. The molecular weight excluding hydrogens is 325 g/mol. The summed E-state index contributed by atoms with van der Waals surface area (Å²) in [7, 11) is 0. The Bertz CT molecular complexity index is 785. The van der Waals surface area contributed by atoms with Crippen molar-refractivity contribution in [3.8, 4) is 5.69 Å². The summed E-state index contributed by atoms with van der Waals surface area (Å²) in [4.78, 5) is 15.2. The van der Waals surface area contributed by atoms with Crippen LogP contribution in [0.1, 0.15) is 15.9 Å². The molecule has 3 rings (SSSR count). The van der Waals surface area contributed by atoms with Crippen LogP contribution in [0.3, 0.4) is 0 Å². The average Bonchev–Trinajstić information content (AvgIpc) is 2.90. The number of fused-ring (bicyclic) bond motifs is 1. The molecule has 0 spiro atoms. The fourth-order valence-corrected chi connectivity index (χ4v) is 2.14. The van der Waals surface area contributed by atoms with Gasteiger partial charge < -0.3 is 10.8 Å². The molecule has 116 valence electrons. The summed E-state index contributed by atoms with van der Waals surface area (Å²) in [6, 6.07) is 12.8. The van der Waals surface area contributed by atoms with Crippen LogP contribution in [0.15, 0.2) is 48.8 Å². The van der Waals surface area contributed by atoms with E-state index in [9.17, 15) is 4.79 Å². The quantitative estimate of drug-likeness (QED) is 0.768. The minimum atomic E-state index is -0.950. The first-order valence-corrected chi connectivity index (χ1v) is 6.19. The van der Waals surface area contributed by atoms with Gasteiger partial charge in [-0.25, -0.2) is 9.78 Å². The van der Waals surface area contributed by atoms with Crippen LogP contribution in [0.25, 0.3) is 16.7 Å². The number of carboxylic acids is 1. The molecule has 2 aromatic carbocycles. The highest BCUT2D eigenvalue weighted by atomic mass is 35.5. The third kappa shape index (κ3) is 3.22. The highest BCUT2D eigenvalue weighted by Gasteiger charge is 2.08. The van der Waals surface area contributed by atoms with Crippen molar-refractivity contribution in [3.05, 3.63) is 59.9 Å². The molecule has 0 aliphatic rings. The molecule has 0 aliphatic heterocycles.